The minimum Gasteiger partial charge on any atom is -0.452 e. The highest BCUT2D eigenvalue weighted by Gasteiger charge is 2.51. The molecular weight excluding hydrogens is 376 g/mol. The lowest BCUT2D eigenvalue weighted by atomic mass is 9.48. The zero-order chi connectivity index (χ0) is 20.7. The van der Waals surface area contributed by atoms with Crippen molar-refractivity contribution in [2.24, 2.45) is 17.8 Å². The van der Waals surface area contributed by atoms with Gasteiger partial charge >= 0.3 is 5.97 Å². The smallest absolute Gasteiger partial charge is 0.340 e. The maximum atomic E-state index is 12.2. The predicted octanol–water partition coefficient (Wildman–Crippen LogP) is 4.53. The van der Waals surface area contributed by atoms with Crippen LogP contribution in [0.3, 0.4) is 0 Å². The Morgan fingerprint density at radius 2 is 1.53 bits per heavy atom. The van der Waals surface area contributed by atoms with Gasteiger partial charge in [-0.1, -0.05) is 24.3 Å². The van der Waals surface area contributed by atoms with E-state index in [4.69, 9.17) is 10.5 Å². The topological polar surface area (TPSA) is 81.4 Å². The number of nitrogen functional groups attached to an aromatic ring is 1. The molecule has 0 aliphatic heterocycles. The summed E-state index contributed by atoms with van der Waals surface area (Å²) in [6.07, 6.45) is 8.26. The Labute approximate surface area is 177 Å². The summed E-state index contributed by atoms with van der Waals surface area (Å²) in [5.41, 5.74) is 8.87. The zero-order valence-electron chi connectivity index (χ0n) is 17.1. The molecule has 6 rings (SSSR count). The van der Waals surface area contributed by atoms with Crippen LogP contribution in [0.4, 0.5) is 11.4 Å². The largest absolute Gasteiger partial charge is 0.452 e. The maximum Gasteiger partial charge on any atom is 0.340 e. The molecule has 5 heteroatoms. The third-order valence-electron chi connectivity index (χ3n) is 7.33. The molecule has 0 saturated heterocycles. The predicted molar refractivity (Wildman–Crippen MR) is 116 cm³/mol. The number of hydrogen-bond donors (Lipinski definition) is 2. The quantitative estimate of drug-likeness (QED) is 0.567. The third-order valence-corrected chi connectivity index (χ3v) is 7.33. The standard InChI is InChI=1S/C25H28N2O3/c26-22-4-2-1-3-21(22)24(29)30-15-23(28)27-20-7-5-19(6-8-20)25-12-16-9-17(13-25)11-18(10-16)14-25/h1-8,16-18H,9-15,26H2,(H,27,28). The Morgan fingerprint density at radius 3 is 2.13 bits per heavy atom. The number of carbonyl (C=O) groups excluding carboxylic acids is 2. The fourth-order valence-electron chi connectivity index (χ4n) is 6.46. The Balaban J connectivity index is 1.19. The molecule has 156 valence electrons. The van der Waals surface area contributed by atoms with Crippen molar-refractivity contribution in [3.8, 4) is 0 Å². The number of rotatable bonds is 5. The van der Waals surface area contributed by atoms with Crippen molar-refractivity contribution in [1.29, 1.82) is 0 Å². The molecule has 0 aromatic heterocycles. The first-order valence-electron chi connectivity index (χ1n) is 10.9. The Morgan fingerprint density at radius 1 is 0.933 bits per heavy atom. The number of esters is 1. The van der Waals surface area contributed by atoms with Gasteiger partial charge in [0.2, 0.25) is 0 Å². The molecule has 0 unspecified atom stereocenters. The molecule has 4 bridgehead atoms. The normalized spacial score (nSPS) is 28.9. The third kappa shape index (κ3) is 3.57. The summed E-state index contributed by atoms with van der Waals surface area (Å²) >= 11 is 0. The van der Waals surface area contributed by atoms with E-state index in [0.29, 0.717) is 11.1 Å². The maximum absolute atomic E-state index is 12.2. The Kier molecular flexibility index (Phi) is 4.76. The van der Waals surface area contributed by atoms with Crippen molar-refractivity contribution in [1.82, 2.24) is 0 Å². The van der Waals surface area contributed by atoms with E-state index < -0.39 is 5.97 Å². The van der Waals surface area contributed by atoms with E-state index in [0.717, 1.165) is 23.4 Å². The summed E-state index contributed by atoms with van der Waals surface area (Å²) < 4.78 is 5.10. The number of anilines is 2. The van der Waals surface area contributed by atoms with Gasteiger partial charge in [-0.05, 0) is 91.5 Å². The van der Waals surface area contributed by atoms with Crippen LogP contribution in [0.1, 0.15) is 54.4 Å². The molecular formula is C25H28N2O3. The lowest BCUT2D eigenvalue weighted by Gasteiger charge is -2.57. The van der Waals surface area contributed by atoms with Crippen molar-refractivity contribution in [2.75, 3.05) is 17.7 Å². The van der Waals surface area contributed by atoms with Crippen LogP contribution in [0.2, 0.25) is 0 Å². The van der Waals surface area contributed by atoms with Crippen LogP contribution in [0.15, 0.2) is 48.5 Å². The summed E-state index contributed by atoms with van der Waals surface area (Å²) in [4.78, 5) is 24.3. The van der Waals surface area contributed by atoms with E-state index in [1.54, 1.807) is 24.3 Å². The number of benzene rings is 2. The number of nitrogens with one attached hydrogen (secondary N) is 1. The highest BCUT2D eigenvalue weighted by molar-refractivity contribution is 5.98. The van der Waals surface area contributed by atoms with Gasteiger partial charge in [-0.25, -0.2) is 4.79 Å². The van der Waals surface area contributed by atoms with Gasteiger partial charge in [-0.3, -0.25) is 4.79 Å². The van der Waals surface area contributed by atoms with Crippen LogP contribution >= 0.6 is 0 Å². The van der Waals surface area contributed by atoms with E-state index in [9.17, 15) is 9.59 Å². The molecule has 30 heavy (non-hydrogen) atoms. The summed E-state index contributed by atoms with van der Waals surface area (Å²) in [6.45, 7) is -0.343. The van der Waals surface area contributed by atoms with Gasteiger partial charge in [0.05, 0.1) is 5.56 Å². The SMILES string of the molecule is Nc1ccccc1C(=O)OCC(=O)Nc1ccc(C23CC4CC(CC(C4)C2)C3)cc1. The minimum atomic E-state index is -0.597. The molecule has 0 spiro atoms. The first-order valence-corrected chi connectivity index (χ1v) is 10.9. The summed E-state index contributed by atoms with van der Waals surface area (Å²) in [7, 11) is 0. The van der Waals surface area contributed by atoms with Crippen molar-refractivity contribution in [3.63, 3.8) is 0 Å². The van der Waals surface area contributed by atoms with E-state index in [1.807, 2.05) is 12.1 Å². The minimum absolute atomic E-state index is 0.269. The van der Waals surface area contributed by atoms with Gasteiger partial charge in [0.1, 0.15) is 0 Å². The number of ether oxygens (including phenoxy) is 1. The average molecular weight is 405 g/mol. The molecule has 0 radical (unpaired) electrons. The van der Waals surface area contributed by atoms with Crippen LogP contribution in [0, 0.1) is 17.8 Å². The molecule has 1 amide bonds. The lowest BCUT2D eigenvalue weighted by Crippen LogP contribution is -2.48. The second kappa shape index (κ2) is 7.46. The fraction of sp³-hybridized carbons (Fsp3) is 0.440. The van der Waals surface area contributed by atoms with Crippen molar-refractivity contribution >= 4 is 23.3 Å². The van der Waals surface area contributed by atoms with Crippen molar-refractivity contribution < 1.29 is 14.3 Å². The number of amides is 1. The second-order valence-corrected chi connectivity index (χ2v) is 9.49. The van der Waals surface area contributed by atoms with E-state index in [-0.39, 0.29) is 18.1 Å². The van der Waals surface area contributed by atoms with E-state index in [2.05, 4.69) is 17.4 Å². The Hall–Kier alpha value is -2.82. The van der Waals surface area contributed by atoms with Gasteiger partial charge in [-0.15, -0.1) is 0 Å². The highest BCUT2D eigenvalue weighted by Crippen LogP contribution is 2.60. The van der Waals surface area contributed by atoms with Crippen LogP contribution in [0.25, 0.3) is 0 Å². The van der Waals surface area contributed by atoms with Crippen LogP contribution in [-0.2, 0) is 14.9 Å². The molecule has 4 aliphatic rings. The molecule has 4 saturated carbocycles. The van der Waals surface area contributed by atoms with Crippen LogP contribution in [0.5, 0.6) is 0 Å². The van der Waals surface area contributed by atoms with Crippen molar-refractivity contribution in [2.45, 2.75) is 43.9 Å². The first-order chi connectivity index (χ1) is 14.5. The first kappa shape index (κ1) is 19.2. The fourth-order valence-corrected chi connectivity index (χ4v) is 6.46. The highest BCUT2D eigenvalue weighted by atomic mass is 16.5. The van der Waals surface area contributed by atoms with Gasteiger partial charge in [0.15, 0.2) is 6.61 Å². The van der Waals surface area contributed by atoms with E-state index >= 15 is 0 Å². The van der Waals surface area contributed by atoms with E-state index in [1.165, 1.54) is 44.1 Å². The lowest BCUT2D eigenvalue weighted by molar-refractivity contribution is -0.119. The molecule has 4 fully saturated rings. The molecule has 0 heterocycles. The van der Waals surface area contributed by atoms with Gasteiger partial charge < -0.3 is 15.8 Å². The molecule has 5 nitrogen and oxygen atoms in total. The molecule has 3 N–H and O–H groups in total. The number of carbonyl (C=O) groups is 2. The molecule has 2 aromatic rings. The molecule has 0 atom stereocenters. The Bertz CT molecular complexity index is 931. The summed E-state index contributed by atoms with van der Waals surface area (Å²) in [5.74, 6) is 1.76. The van der Waals surface area contributed by atoms with Crippen LogP contribution in [-0.4, -0.2) is 18.5 Å². The summed E-state index contributed by atoms with van der Waals surface area (Å²) in [6, 6.07) is 15.0. The van der Waals surface area contributed by atoms with Gasteiger partial charge in [-0.2, -0.15) is 0 Å². The number of hydrogen-bond acceptors (Lipinski definition) is 4. The zero-order valence-corrected chi connectivity index (χ0v) is 17.1. The van der Waals surface area contributed by atoms with Crippen LogP contribution < -0.4 is 11.1 Å². The molecule has 2 aromatic carbocycles. The summed E-state index contributed by atoms with van der Waals surface area (Å²) in [5, 5.41) is 2.82. The van der Waals surface area contributed by atoms with Gasteiger partial charge in [0.25, 0.3) is 5.91 Å². The van der Waals surface area contributed by atoms with Crippen molar-refractivity contribution in [3.05, 3.63) is 59.7 Å². The van der Waals surface area contributed by atoms with Gasteiger partial charge in [0, 0.05) is 11.4 Å². The number of para-hydroxylation sites is 1. The number of nitrogens with two attached hydrogens (primary N) is 1. The second-order valence-electron chi connectivity index (χ2n) is 9.49. The molecule has 4 aliphatic carbocycles. The monoisotopic (exact) mass is 404 g/mol. The average Bonchev–Trinajstić information content (AvgIpc) is 2.72.